The van der Waals surface area contributed by atoms with Gasteiger partial charge in [-0.1, -0.05) is 13.0 Å². The Morgan fingerprint density at radius 2 is 1.75 bits per heavy atom. The number of hydrogen-bond donors (Lipinski definition) is 1. The van der Waals surface area contributed by atoms with Crippen molar-refractivity contribution in [1.29, 1.82) is 0 Å². The number of alkyl halides is 3. The van der Waals surface area contributed by atoms with Crippen LogP contribution in [0.1, 0.15) is 59.0 Å². The van der Waals surface area contributed by atoms with E-state index in [9.17, 15) is 27.9 Å². The van der Waals surface area contributed by atoms with Crippen LogP contribution < -0.4 is 9.64 Å². The lowest BCUT2D eigenvalue weighted by Crippen LogP contribution is -2.49. The zero-order valence-electron chi connectivity index (χ0n) is 24.5. The Hall–Kier alpha value is -3.55. The van der Waals surface area contributed by atoms with Crippen molar-refractivity contribution >= 4 is 28.9 Å². The molecule has 1 aliphatic carbocycles. The van der Waals surface area contributed by atoms with Crippen LogP contribution in [-0.4, -0.2) is 55.4 Å². The maximum atomic E-state index is 15.7. The highest BCUT2D eigenvalue weighted by Crippen LogP contribution is 2.41. The molecule has 0 aliphatic heterocycles. The van der Waals surface area contributed by atoms with Crippen LogP contribution in [0.5, 0.6) is 11.5 Å². The van der Waals surface area contributed by atoms with E-state index >= 15 is 4.39 Å². The van der Waals surface area contributed by atoms with Gasteiger partial charge in [0, 0.05) is 49.8 Å². The largest absolute Gasteiger partial charge is 0.478 e. The van der Waals surface area contributed by atoms with E-state index in [0.717, 1.165) is 42.0 Å². The smallest absolute Gasteiger partial charge is 0.419 e. The van der Waals surface area contributed by atoms with E-state index in [1.165, 1.54) is 36.5 Å². The zero-order chi connectivity index (χ0) is 32.0. The van der Waals surface area contributed by atoms with E-state index in [-0.39, 0.29) is 25.3 Å². The highest BCUT2D eigenvalue weighted by molar-refractivity contribution is 7.09. The first-order chi connectivity index (χ1) is 20.9. The average Bonchev–Trinajstić information content (AvgIpc) is 3.48. The molecule has 1 fully saturated rings. The second-order valence-corrected chi connectivity index (χ2v) is 11.9. The van der Waals surface area contributed by atoms with Crippen molar-refractivity contribution in [2.24, 2.45) is 11.8 Å². The molecular formula is C31H34F4N2O6S. The Kier molecular flexibility index (Phi) is 11.0. The number of rotatable bonds is 12. The van der Waals surface area contributed by atoms with Crippen molar-refractivity contribution in [2.45, 2.75) is 51.2 Å². The minimum Gasteiger partial charge on any atom is -0.478 e. The molecule has 1 N–H and O–H groups in total. The Balaban J connectivity index is 1.75. The molecule has 13 heteroatoms. The van der Waals surface area contributed by atoms with E-state index in [4.69, 9.17) is 14.2 Å². The quantitative estimate of drug-likeness (QED) is 0.210. The molecule has 1 heterocycles. The highest BCUT2D eigenvalue weighted by Gasteiger charge is 2.37. The summed E-state index contributed by atoms with van der Waals surface area (Å²) in [6, 6.07) is 4.21. The SMILES string of the molecule is COCC(COC)N(C(=O)C1CCC(C)CC1)c1cc(F)c(Oc2ccc(Cc3cncs3)cc2C(F)(F)F)cc1C(=O)O. The number of anilines is 1. The normalized spacial score (nSPS) is 17.1. The molecule has 1 aromatic heterocycles. The Bertz CT molecular complexity index is 1440. The molecule has 44 heavy (non-hydrogen) atoms. The van der Waals surface area contributed by atoms with Crippen LogP contribution in [0, 0.1) is 17.7 Å². The summed E-state index contributed by atoms with van der Waals surface area (Å²) < 4.78 is 73.9. The van der Waals surface area contributed by atoms with Crippen LogP contribution in [0.4, 0.5) is 23.2 Å². The number of aromatic carboxylic acids is 1. The van der Waals surface area contributed by atoms with E-state index in [1.54, 1.807) is 11.7 Å². The van der Waals surface area contributed by atoms with Crippen LogP contribution in [0.3, 0.4) is 0 Å². The summed E-state index contributed by atoms with van der Waals surface area (Å²) in [7, 11) is 2.81. The highest BCUT2D eigenvalue weighted by atomic mass is 32.1. The second kappa shape index (κ2) is 14.5. The number of carboxylic acids is 1. The molecule has 1 saturated carbocycles. The van der Waals surface area contributed by atoms with Gasteiger partial charge in [-0.3, -0.25) is 9.78 Å². The fourth-order valence-electron chi connectivity index (χ4n) is 5.42. The van der Waals surface area contributed by atoms with Crippen molar-refractivity contribution in [2.75, 3.05) is 32.3 Å². The lowest BCUT2D eigenvalue weighted by Gasteiger charge is -2.36. The summed E-state index contributed by atoms with van der Waals surface area (Å²) in [5.41, 5.74) is -0.0262. The number of methoxy groups -OCH3 is 2. The van der Waals surface area contributed by atoms with Gasteiger partial charge in [0.1, 0.15) is 5.75 Å². The maximum absolute atomic E-state index is 15.7. The third kappa shape index (κ3) is 7.93. The lowest BCUT2D eigenvalue weighted by atomic mass is 9.82. The lowest BCUT2D eigenvalue weighted by molar-refractivity contribution is -0.138. The fraction of sp³-hybridized carbons (Fsp3) is 0.452. The Labute approximate surface area is 256 Å². The zero-order valence-corrected chi connectivity index (χ0v) is 25.3. The molecule has 0 atom stereocenters. The molecular weight excluding hydrogens is 604 g/mol. The summed E-state index contributed by atoms with van der Waals surface area (Å²) in [6.45, 7) is 2.02. The number of hydrogen-bond acceptors (Lipinski definition) is 7. The molecule has 8 nitrogen and oxygen atoms in total. The van der Waals surface area contributed by atoms with E-state index in [1.807, 2.05) is 0 Å². The minimum absolute atomic E-state index is 0.0372. The molecule has 238 valence electrons. The first-order valence-electron chi connectivity index (χ1n) is 14.1. The van der Waals surface area contributed by atoms with E-state index < -0.39 is 58.5 Å². The average molecular weight is 639 g/mol. The third-order valence-electron chi connectivity index (χ3n) is 7.66. The number of aromatic nitrogens is 1. The summed E-state index contributed by atoms with van der Waals surface area (Å²) in [5.74, 6) is -4.49. The molecule has 2 aromatic carbocycles. The summed E-state index contributed by atoms with van der Waals surface area (Å²) in [4.78, 5) is 32.3. The number of carbonyl (C=O) groups excluding carboxylic acids is 1. The predicted octanol–water partition coefficient (Wildman–Crippen LogP) is 7.20. The number of carboxylic acid groups (broad SMARTS) is 1. The predicted molar refractivity (Wildman–Crippen MR) is 156 cm³/mol. The van der Waals surface area contributed by atoms with E-state index in [0.29, 0.717) is 24.3 Å². The number of nitrogens with zero attached hydrogens (tertiary/aromatic N) is 2. The van der Waals surface area contributed by atoms with Crippen LogP contribution in [-0.2, 0) is 26.9 Å². The minimum atomic E-state index is -4.85. The molecule has 0 radical (unpaired) electrons. The van der Waals surface area contributed by atoms with Gasteiger partial charge >= 0.3 is 12.1 Å². The van der Waals surface area contributed by atoms with Gasteiger partial charge in [0.05, 0.1) is 41.6 Å². The van der Waals surface area contributed by atoms with Gasteiger partial charge in [0.15, 0.2) is 11.6 Å². The number of thiazole rings is 1. The monoisotopic (exact) mass is 638 g/mol. The number of carbonyl (C=O) groups is 2. The number of halogens is 4. The van der Waals surface area contributed by atoms with Crippen LogP contribution in [0.25, 0.3) is 0 Å². The van der Waals surface area contributed by atoms with Gasteiger partial charge in [-0.25, -0.2) is 9.18 Å². The summed E-state index contributed by atoms with van der Waals surface area (Å²) >= 11 is 1.29. The van der Waals surface area contributed by atoms with E-state index in [2.05, 4.69) is 11.9 Å². The van der Waals surface area contributed by atoms with Gasteiger partial charge in [0.2, 0.25) is 5.91 Å². The molecule has 1 amide bonds. The molecule has 4 rings (SSSR count). The van der Waals surface area contributed by atoms with Gasteiger partial charge in [0.25, 0.3) is 0 Å². The van der Waals surface area contributed by atoms with Gasteiger partial charge in [-0.15, -0.1) is 11.3 Å². The molecule has 0 unspecified atom stereocenters. The summed E-state index contributed by atoms with van der Waals surface area (Å²) in [6.07, 6.45) is -0.322. The van der Waals surface area contributed by atoms with Crippen LogP contribution in [0.15, 0.2) is 42.0 Å². The first-order valence-corrected chi connectivity index (χ1v) is 14.9. The molecule has 0 bridgehead atoms. The van der Waals surface area contributed by atoms with Crippen LogP contribution >= 0.6 is 11.3 Å². The first kappa shape index (κ1) is 33.3. The van der Waals surface area contributed by atoms with Crippen molar-refractivity contribution in [1.82, 2.24) is 4.98 Å². The Morgan fingerprint density at radius 1 is 1.07 bits per heavy atom. The maximum Gasteiger partial charge on any atom is 0.419 e. The molecule has 3 aromatic rings. The van der Waals surface area contributed by atoms with Gasteiger partial charge in [-0.05, 0) is 49.3 Å². The standard InChI is InChI=1S/C31H34F4N2O6S/c1-18-4-7-20(8-5-18)29(38)37(21(15-41-2)16-42-3)26-13-25(32)28(12-23(26)30(39)40)43-27-9-6-19(10-22-14-36-17-44-22)11-24(27)31(33,34)35/h6,9,11-14,17-18,20-21H,4-5,7-8,10,15-16H2,1-3H3,(H,39,40). The van der Waals surface area contributed by atoms with Crippen molar-refractivity contribution < 1.29 is 46.5 Å². The Morgan fingerprint density at radius 3 is 2.32 bits per heavy atom. The topological polar surface area (TPSA) is 98.2 Å². The van der Waals surface area contributed by atoms with Crippen LogP contribution in [0.2, 0.25) is 0 Å². The fourth-order valence-corrected chi connectivity index (χ4v) is 6.05. The van der Waals surface area contributed by atoms with Crippen molar-refractivity contribution in [3.8, 4) is 11.5 Å². The van der Waals surface area contributed by atoms with Crippen molar-refractivity contribution in [3.05, 3.63) is 69.4 Å². The molecule has 0 spiro atoms. The van der Waals surface area contributed by atoms with Gasteiger partial charge in [-0.2, -0.15) is 13.2 Å². The number of amides is 1. The van der Waals surface area contributed by atoms with Crippen molar-refractivity contribution in [3.63, 3.8) is 0 Å². The molecule has 1 aliphatic rings. The second-order valence-electron chi connectivity index (χ2n) is 10.9. The number of benzene rings is 2. The summed E-state index contributed by atoms with van der Waals surface area (Å²) in [5, 5.41) is 10.1. The number of ether oxygens (including phenoxy) is 3. The third-order valence-corrected chi connectivity index (χ3v) is 8.44. The molecule has 0 saturated heterocycles. The van der Waals surface area contributed by atoms with Gasteiger partial charge < -0.3 is 24.2 Å².